The van der Waals surface area contributed by atoms with Crippen LogP contribution >= 0.6 is 11.3 Å². The lowest BCUT2D eigenvalue weighted by molar-refractivity contribution is 0.262. The lowest BCUT2D eigenvalue weighted by Gasteiger charge is -2.04. The fourth-order valence-electron chi connectivity index (χ4n) is 1.68. The third-order valence-corrected chi connectivity index (χ3v) is 3.90. The number of benzene rings is 1. The van der Waals surface area contributed by atoms with Crippen LogP contribution in [0.3, 0.4) is 0 Å². The first-order valence-corrected chi connectivity index (χ1v) is 7.00. The van der Waals surface area contributed by atoms with Crippen molar-refractivity contribution in [3.8, 4) is 0 Å². The Kier molecular flexibility index (Phi) is 3.16. The van der Waals surface area contributed by atoms with E-state index >= 15 is 0 Å². The smallest absolute Gasteiger partial charge is 0.308 e. The summed E-state index contributed by atoms with van der Waals surface area (Å²) in [6.07, 6.45) is 2.37. The molecule has 1 heterocycles. The third kappa shape index (κ3) is 3.08. The molecular formula is C13H14N4OS. The Bertz CT molecular complexity index is 589. The summed E-state index contributed by atoms with van der Waals surface area (Å²) in [7, 11) is 0. The van der Waals surface area contributed by atoms with Gasteiger partial charge in [0.2, 0.25) is 5.13 Å². The summed E-state index contributed by atoms with van der Waals surface area (Å²) in [5, 5.41) is 15.1. The second-order valence-electron chi connectivity index (χ2n) is 4.66. The number of urea groups is 1. The van der Waals surface area contributed by atoms with Crippen molar-refractivity contribution in [2.45, 2.75) is 25.7 Å². The van der Waals surface area contributed by atoms with Crippen molar-refractivity contribution in [2.24, 2.45) is 0 Å². The van der Waals surface area contributed by atoms with E-state index in [4.69, 9.17) is 0 Å². The molecule has 98 valence electrons. The van der Waals surface area contributed by atoms with Gasteiger partial charge >= 0.3 is 6.03 Å². The first-order chi connectivity index (χ1) is 9.20. The van der Waals surface area contributed by atoms with Crippen LogP contribution in [0.1, 0.15) is 29.3 Å². The van der Waals surface area contributed by atoms with Gasteiger partial charge in [0.15, 0.2) is 0 Å². The van der Waals surface area contributed by atoms with Crippen molar-refractivity contribution in [1.29, 1.82) is 0 Å². The first kappa shape index (κ1) is 12.1. The SMILES string of the molecule is Cc1ccc(NC(=O)Nc2nnc(C3CC3)s2)cc1. The van der Waals surface area contributed by atoms with Crippen LogP contribution in [0, 0.1) is 6.92 Å². The number of hydrogen-bond acceptors (Lipinski definition) is 4. The van der Waals surface area contributed by atoms with E-state index in [0.717, 1.165) is 16.3 Å². The van der Waals surface area contributed by atoms with E-state index in [-0.39, 0.29) is 6.03 Å². The Morgan fingerprint density at radius 3 is 2.63 bits per heavy atom. The summed E-state index contributed by atoms with van der Waals surface area (Å²) in [4.78, 5) is 11.8. The number of nitrogens with zero attached hydrogens (tertiary/aromatic N) is 2. The molecule has 0 bridgehead atoms. The van der Waals surface area contributed by atoms with Crippen LogP contribution < -0.4 is 10.6 Å². The van der Waals surface area contributed by atoms with E-state index in [9.17, 15) is 4.79 Å². The highest BCUT2D eigenvalue weighted by atomic mass is 32.1. The first-order valence-electron chi connectivity index (χ1n) is 6.19. The monoisotopic (exact) mass is 274 g/mol. The zero-order valence-electron chi connectivity index (χ0n) is 10.5. The van der Waals surface area contributed by atoms with E-state index < -0.39 is 0 Å². The molecule has 1 aromatic carbocycles. The summed E-state index contributed by atoms with van der Waals surface area (Å²) >= 11 is 1.45. The molecule has 2 amide bonds. The molecule has 0 atom stereocenters. The lowest BCUT2D eigenvalue weighted by Crippen LogP contribution is -2.19. The van der Waals surface area contributed by atoms with Gasteiger partial charge in [-0.1, -0.05) is 29.0 Å². The van der Waals surface area contributed by atoms with Crippen LogP contribution in [0.4, 0.5) is 15.6 Å². The summed E-state index contributed by atoms with van der Waals surface area (Å²) < 4.78 is 0. The van der Waals surface area contributed by atoms with Crippen molar-refractivity contribution in [3.05, 3.63) is 34.8 Å². The number of hydrogen-bond donors (Lipinski definition) is 2. The molecule has 1 aliphatic rings. The van der Waals surface area contributed by atoms with Gasteiger partial charge in [0.25, 0.3) is 0 Å². The number of aryl methyl sites for hydroxylation is 1. The van der Waals surface area contributed by atoms with Crippen molar-refractivity contribution >= 4 is 28.2 Å². The van der Waals surface area contributed by atoms with Gasteiger partial charge in [0.05, 0.1) is 0 Å². The standard InChI is InChI=1S/C13H14N4OS/c1-8-2-6-10(7-3-8)14-12(18)15-13-17-16-11(19-13)9-4-5-9/h2-3,6-7,9H,4-5H2,1H3,(H2,14,15,17,18). The highest BCUT2D eigenvalue weighted by Gasteiger charge is 2.27. The fraction of sp³-hybridized carbons (Fsp3) is 0.308. The van der Waals surface area contributed by atoms with Gasteiger partial charge < -0.3 is 5.32 Å². The van der Waals surface area contributed by atoms with Gasteiger partial charge in [-0.3, -0.25) is 5.32 Å². The molecule has 0 aliphatic heterocycles. The zero-order valence-corrected chi connectivity index (χ0v) is 11.3. The minimum absolute atomic E-state index is 0.289. The fourth-order valence-corrected chi connectivity index (χ4v) is 2.58. The predicted octanol–water partition coefficient (Wildman–Crippen LogP) is 3.37. The molecule has 0 unspecified atom stereocenters. The second kappa shape index (κ2) is 4.97. The molecule has 5 nitrogen and oxygen atoms in total. The molecule has 19 heavy (non-hydrogen) atoms. The average molecular weight is 274 g/mol. The molecule has 3 rings (SSSR count). The number of aromatic nitrogens is 2. The molecular weight excluding hydrogens is 260 g/mol. The van der Waals surface area contributed by atoms with E-state index in [1.807, 2.05) is 31.2 Å². The zero-order chi connectivity index (χ0) is 13.2. The van der Waals surface area contributed by atoms with Crippen molar-refractivity contribution in [2.75, 3.05) is 10.6 Å². The minimum Gasteiger partial charge on any atom is -0.308 e. The summed E-state index contributed by atoms with van der Waals surface area (Å²) in [6, 6.07) is 7.34. The van der Waals surface area contributed by atoms with Crippen molar-refractivity contribution < 1.29 is 4.79 Å². The summed E-state index contributed by atoms with van der Waals surface area (Å²) in [5.41, 5.74) is 1.92. The second-order valence-corrected chi connectivity index (χ2v) is 5.67. The van der Waals surface area contributed by atoms with Crippen LogP contribution in [0.5, 0.6) is 0 Å². The topological polar surface area (TPSA) is 66.9 Å². The van der Waals surface area contributed by atoms with E-state index in [1.165, 1.54) is 24.2 Å². The largest absolute Gasteiger partial charge is 0.325 e. The number of carbonyl (C=O) groups is 1. The van der Waals surface area contributed by atoms with Crippen molar-refractivity contribution in [3.63, 3.8) is 0 Å². The Morgan fingerprint density at radius 1 is 1.21 bits per heavy atom. The van der Waals surface area contributed by atoms with E-state index in [1.54, 1.807) is 0 Å². The Morgan fingerprint density at radius 2 is 1.95 bits per heavy atom. The maximum Gasteiger partial charge on any atom is 0.325 e. The summed E-state index contributed by atoms with van der Waals surface area (Å²) in [6.45, 7) is 2.00. The molecule has 6 heteroatoms. The number of rotatable bonds is 3. The minimum atomic E-state index is -0.289. The molecule has 0 saturated heterocycles. The molecule has 1 aliphatic carbocycles. The van der Waals surface area contributed by atoms with Crippen LogP contribution in [-0.2, 0) is 0 Å². The Balaban J connectivity index is 1.59. The quantitative estimate of drug-likeness (QED) is 0.901. The molecule has 0 spiro atoms. The van der Waals surface area contributed by atoms with Crippen LogP contribution in [0.15, 0.2) is 24.3 Å². The van der Waals surface area contributed by atoms with Gasteiger partial charge in [-0.15, -0.1) is 10.2 Å². The Hall–Kier alpha value is -1.95. The van der Waals surface area contributed by atoms with Crippen LogP contribution in [-0.4, -0.2) is 16.2 Å². The molecule has 2 N–H and O–H groups in total. The molecule has 2 aromatic rings. The highest BCUT2D eigenvalue weighted by Crippen LogP contribution is 2.42. The van der Waals surface area contributed by atoms with Gasteiger partial charge in [0, 0.05) is 11.6 Å². The van der Waals surface area contributed by atoms with Crippen LogP contribution in [0.2, 0.25) is 0 Å². The average Bonchev–Trinajstić information content (AvgIpc) is 3.14. The van der Waals surface area contributed by atoms with Crippen molar-refractivity contribution in [1.82, 2.24) is 10.2 Å². The summed E-state index contributed by atoms with van der Waals surface area (Å²) in [5.74, 6) is 0.563. The third-order valence-electron chi connectivity index (χ3n) is 2.90. The highest BCUT2D eigenvalue weighted by molar-refractivity contribution is 7.15. The van der Waals surface area contributed by atoms with E-state index in [0.29, 0.717) is 11.0 Å². The molecule has 0 radical (unpaired) electrons. The van der Waals surface area contributed by atoms with Gasteiger partial charge in [-0.2, -0.15) is 0 Å². The normalized spacial score (nSPS) is 14.2. The van der Waals surface area contributed by atoms with Gasteiger partial charge in [-0.05, 0) is 31.9 Å². The number of carbonyl (C=O) groups excluding carboxylic acids is 1. The maximum absolute atomic E-state index is 11.8. The Labute approximate surface area is 115 Å². The van der Waals surface area contributed by atoms with Gasteiger partial charge in [0.1, 0.15) is 5.01 Å². The molecule has 1 saturated carbocycles. The molecule has 1 aromatic heterocycles. The van der Waals surface area contributed by atoms with Gasteiger partial charge in [-0.25, -0.2) is 4.79 Å². The number of amides is 2. The van der Waals surface area contributed by atoms with Crippen LogP contribution in [0.25, 0.3) is 0 Å². The number of anilines is 2. The molecule has 1 fully saturated rings. The lowest BCUT2D eigenvalue weighted by atomic mass is 10.2. The predicted molar refractivity (Wildman–Crippen MR) is 75.7 cm³/mol. The van der Waals surface area contributed by atoms with E-state index in [2.05, 4.69) is 20.8 Å². The maximum atomic E-state index is 11.8. The number of nitrogens with one attached hydrogen (secondary N) is 2.